The van der Waals surface area contributed by atoms with Crippen LogP contribution in [0.5, 0.6) is 0 Å². The summed E-state index contributed by atoms with van der Waals surface area (Å²) in [5.74, 6) is 4.20. The molecule has 0 aliphatic heterocycles. The summed E-state index contributed by atoms with van der Waals surface area (Å²) in [7, 11) is 1.80. The van der Waals surface area contributed by atoms with Gasteiger partial charge in [-0.25, -0.2) is 8.78 Å². The number of halogens is 2. The van der Waals surface area contributed by atoms with E-state index in [1.54, 1.807) is 17.9 Å². The fourth-order valence-corrected chi connectivity index (χ4v) is 1.82. The van der Waals surface area contributed by atoms with E-state index in [-0.39, 0.29) is 0 Å². The van der Waals surface area contributed by atoms with Crippen LogP contribution in [-0.4, -0.2) is 9.78 Å². The van der Waals surface area contributed by atoms with Crippen LogP contribution in [0.25, 0.3) is 0 Å². The zero-order valence-corrected chi connectivity index (χ0v) is 9.90. The second-order valence-corrected chi connectivity index (χ2v) is 4.07. The molecule has 1 aromatic heterocycles. The van der Waals surface area contributed by atoms with E-state index in [0.717, 1.165) is 11.8 Å². The number of nitrogens with two attached hydrogens (primary N) is 1. The Morgan fingerprint density at radius 3 is 2.72 bits per heavy atom. The molecule has 0 aliphatic rings. The molecule has 0 aliphatic carbocycles. The van der Waals surface area contributed by atoms with Crippen molar-refractivity contribution in [2.24, 2.45) is 12.9 Å². The first-order valence-electron chi connectivity index (χ1n) is 5.49. The first-order chi connectivity index (χ1) is 8.60. The van der Waals surface area contributed by atoms with Gasteiger partial charge in [-0.2, -0.15) is 5.10 Å². The quantitative estimate of drug-likeness (QED) is 0.639. The van der Waals surface area contributed by atoms with E-state index < -0.39 is 17.7 Å². The van der Waals surface area contributed by atoms with Crippen LogP contribution >= 0.6 is 0 Å². The third-order valence-electron chi connectivity index (χ3n) is 2.72. The van der Waals surface area contributed by atoms with Crippen molar-refractivity contribution in [1.29, 1.82) is 0 Å². The number of nitrogens with one attached hydrogen (secondary N) is 1. The Kier molecular flexibility index (Phi) is 3.69. The van der Waals surface area contributed by atoms with E-state index >= 15 is 0 Å². The van der Waals surface area contributed by atoms with Crippen LogP contribution in [0.2, 0.25) is 0 Å². The zero-order valence-electron chi connectivity index (χ0n) is 9.90. The maximum atomic E-state index is 13.6. The van der Waals surface area contributed by atoms with Crippen molar-refractivity contribution in [3.63, 3.8) is 0 Å². The van der Waals surface area contributed by atoms with E-state index in [9.17, 15) is 8.78 Å². The lowest BCUT2D eigenvalue weighted by Gasteiger charge is -2.15. The summed E-state index contributed by atoms with van der Waals surface area (Å²) in [6.45, 7) is 0. The molecule has 96 valence electrons. The average Bonchev–Trinajstić information content (AvgIpc) is 2.72. The Morgan fingerprint density at radius 1 is 1.39 bits per heavy atom. The van der Waals surface area contributed by atoms with Crippen LogP contribution in [0.4, 0.5) is 8.78 Å². The molecule has 2 aromatic rings. The molecule has 1 atom stereocenters. The van der Waals surface area contributed by atoms with Gasteiger partial charge in [0.25, 0.3) is 0 Å². The summed E-state index contributed by atoms with van der Waals surface area (Å²) >= 11 is 0. The fourth-order valence-electron chi connectivity index (χ4n) is 1.82. The Labute approximate surface area is 103 Å². The van der Waals surface area contributed by atoms with E-state index in [1.807, 2.05) is 6.07 Å². The number of aryl methyl sites for hydroxylation is 1. The lowest BCUT2D eigenvalue weighted by atomic mass is 10.0. The minimum Gasteiger partial charge on any atom is -0.276 e. The molecule has 18 heavy (non-hydrogen) atoms. The van der Waals surface area contributed by atoms with Gasteiger partial charge in [-0.1, -0.05) is 6.07 Å². The van der Waals surface area contributed by atoms with Gasteiger partial charge < -0.3 is 0 Å². The van der Waals surface area contributed by atoms with E-state index in [0.29, 0.717) is 12.0 Å². The highest BCUT2D eigenvalue weighted by Gasteiger charge is 2.16. The molecule has 1 aromatic carbocycles. The molecule has 4 nitrogen and oxygen atoms in total. The molecule has 0 saturated heterocycles. The normalized spacial score (nSPS) is 12.7. The second kappa shape index (κ2) is 5.24. The topological polar surface area (TPSA) is 55.9 Å². The highest BCUT2D eigenvalue weighted by atomic mass is 19.1. The fraction of sp³-hybridized carbons (Fsp3) is 0.250. The molecular weight excluding hydrogens is 238 g/mol. The van der Waals surface area contributed by atoms with Crippen molar-refractivity contribution in [3.8, 4) is 0 Å². The monoisotopic (exact) mass is 252 g/mol. The number of rotatable bonds is 4. The highest BCUT2D eigenvalue weighted by Crippen LogP contribution is 2.20. The van der Waals surface area contributed by atoms with Gasteiger partial charge in [0.1, 0.15) is 11.6 Å². The Balaban J connectivity index is 2.22. The van der Waals surface area contributed by atoms with Crippen LogP contribution in [0.3, 0.4) is 0 Å². The van der Waals surface area contributed by atoms with Crippen molar-refractivity contribution >= 4 is 0 Å². The molecule has 0 radical (unpaired) electrons. The predicted molar refractivity (Wildman–Crippen MR) is 63.3 cm³/mol. The third kappa shape index (κ3) is 2.72. The van der Waals surface area contributed by atoms with Crippen LogP contribution in [-0.2, 0) is 13.5 Å². The molecule has 0 bridgehead atoms. The molecular formula is C12H14F2N4. The van der Waals surface area contributed by atoms with Crippen molar-refractivity contribution < 1.29 is 8.78 Å². The van der Waals surface area contributed by atoms with Crippen molar-refractivity contribution in [1.82, 2.24) is 15.2 Å². The number of nitrogens with zero attached hydrogens (tertiary/aromatic N) is 2. The summed E-state index contributed by atoms with van der Waals surface area (Å²) < 4.78 is 28.1. The summed E-state index contributed by atoms with van der Waals surface area (Å²) in [5, 5.41) is 4.20. The molecule has 3 N–H and O–H groups in total. The summed E-state index contributed by atoms with van der Waals surface area (Å²) in [6.07, 6.45) is 2.23. The average molecular weight is 252 g/mol. The molecule has 2 rings (SSSR count). The molecule has 0 saturated carbocycles. The minimum atomic E-state index is -0.617. The van der Waals surface area contributed by atoms with Crippen LogP contribution in [0.1, 0.15) is 17.3 Å². The number of hydrogen-bond acceptors (Lipinski definition) is 3. The zero-order chi connectivity index (χ0) is 13.1. The smallest absolute Gasteiger partial charge is 0.130 e. The number of hydrazine groups is 1. The van der Waals surface area contributed by atoms with Gasteiger partial charge in [0, 0.05) is 31.3 Å². The van der Waals surface area contributed by atoms with Crippen molar-refractivity contribution in [2.45, 2.75) is 12.5 Å². The van der Waals surface area contributed by atoms with Gasteiger partial charge in [0.15, 0.2) is 0 Å². The van der Waals surface area contributed by atoms with Gasteiger partial charge in [-0.05, 0) is 12.1 Å². The van der Waals surface area contributed by atoms with Gasteiger partial charge in [0.05, 0.1) is 11.7 Å². The largest absolute Gasteiger partial charge is 0.276 e. The molecule has 6 heteroatoms. The Bertz CT molecular complexity index is 539. The van der Waals surface area contributed by atoms with Gasteiger partial charge in [0.2, 0.25) is 0 Å². The van der Waals surface area contributed by atoms with E-state index in [2.05, 4.69) is 10.5 Å². The molecule has 1 unspecified atom stereocenters. The van der Waals surface area contributed by atoms with Crippen LogP contribution in [0, 0.1) is 11.6 Å². The Hall–Kier alpha value is -1.79. The summed E-state index contributed by atoms with van der Waals surface area (Å²) in [6, 6.07) is 4.82. The summed E-state index contributed by atoms with van der Waals surface area (Å²) in [5.41, 5.74) is 3.63. The molecule has 0 spiro atoms. The van der Waals surface area contributed by atoms with Gasteiger partial charge in [-0.15, -0.1) is 0 Å². The van der Waals surface area contributed by atoms with Crippen molar-refractivity contribution in [2.75, 3.05) is 0 Å². The molecule has 1 heterocycles. The predicted octanol–water partition coefficient (Wildman–Crippen LogP) is 1.45. The SMILES string of the molecule is Cn1ccc(CC(NN)c2ccc(F)cc2F)n1. The Morgan fingerprint density at radius 2 is 2.17 bits per heavy atom. The maximum absolute atomic E-state index is 13.6. The van der Waals surface area contributed by atoms with Crippen molar-refractivity contribution in [3.05, 3.63) is 53.4 Å². The molecule has 0 amide bonds. The first-order valence-corrected chi connectivity index (χ1v) is 5.49. The van der Waals surface area contributed by atoms with E-state index in [4.69, 9.17) is 5.84 Å². The first kappa shape index (κ1) is 12.7. The standard InChI is InChI=1S/C12H14F2N4/c1-18-5-4-9(17-18)7-12(16-15)10-3-2-8(13)6-11(10)14/h2-6,12,16H,7,15H2,1H3. The lowest BCUT2D eigenvalue weighted by Crippen LogP contribution is -2.30. The van der Waals surface area contributed by atoms with Crippen LogP contribution in [0.15, 0.2) is 30.5 Å². The number of aromatic nitrogens is 2. The van der Waals surface area contributed by atoms with Gasteiger partial charge in [-0.3, -0.25) is 16.0 Å². The second-order valence-electron chi connectivity index (χ2n) is 4.07. The third-order valence-corrected chi connectivity index (χ3v) is 2.72. The van der Waals surface area contributed by atoms with Crippen LogP contribution < -0.4 is 11.3 Å². The van der Waals surface area contributed by atoms with E-state index in [1.165, 1.54) is 12.1 Å². The van der Waals surface area contributed by atoms with Gasteiger partial charge >= 0.3 is 0 Å². The number of benzene rings is 1. The molecule has 0 fully saturated rings. The lowest BCUT2D eigenvalue weighted by molar-refractivity contribution is 0.497. The maximum Gasteiger partial charge on any atom is 0.130 e. The highest BCUT2D eigenvalue weighted by molar-refractivity contribution is 5.23. The minimum absolute atomic E-state index is 0.324. The number of hydrogen-bond donors (Lipinski definition) is 2. The summed E-state index contributed by atoms with van der Waals surface area (Å²) in [4.78, 5) is 0.